The fraction of sp³-hybridized carbons (Fsp3) is 0.188. The highest BCUT2D eigenvalue weighted by Crippen LogP contribution is 2.21. The van der Waals surface area contributed by atoms with Crippen molar-refractivity contribution >= 4 is 0 Å². The van der Waals surface area contributed by atoms with E-state index < -0.39 is 37.4 Å². The van der Waals surface area contributed by atoms with E-state index in [0.717, 1.165) is 22.3 Å². The molecule has 0 spiro atoms. The van der Waals surface area contributed by atoms with Crippen LogP contribution in [-0.2, 0) is 25.6 Å². The molecule has 4 aromatic carbocycles. The Balaban J connectivity index is 1.72. The second-order valence-corrected chi connectivity index (χ2v) is 7.85. The summed E-state index contributed by atoms with van der Waals surface area (Å²) in [6.07, 6.45) is 1.27. The lowest BCUT2D eigenvalue weighted by Gasteiger charge is -2.17. The third-order valence-electron chi connectivity index (χ3n) is 5.29. The molecule has 0 bridgehead atoms. The van der Waals surface area contributed by atoms with Crippen molar-refractivity contribution in [3.05, 3.63) is 156 Å². The Morgan fingerprint density at radius 3 is 0.844 bits per heavy atom. The van der Waals surface area contributed by atoms with Crippen molar-refractivity contribution in [3.8, 4) is 0 Å². The Morgan fingerprint density at radius 1 is 0.406 bits per heavy atom. The summed E-state index contributed by atoms with van der Waals surface area (Å²) >= 11 is 0. The molecule has 0 heterocycles. The standard InChI is InChI=1S/C32H32/c1-5-13-27(14-6-1)23-31(24-28-15-7-2-8-16-28)21-22-32(25-29-17-9-3-10-18-29)26-30-19-11-4-12-20-30/h1-22,31-32H,23-26H2/b22-21-/i23D,24D,25D,26D/t23-,24-,25-,26-/m0/s1. The topological polar surface area (TPSA) is 0 Å². The van der Waals surface area contributed by atoms with Gasteiger partial charge in [-0.3, -0.25) is 0 Å². The molecule has 0 nitrogen and oxygen atoms in total. The van der Waals surface area contributed by atoms with E-state index in [1.807, 2.05) is 133 Å². The summed E-state index contributed by atoms with van der Waals surface area (Å²) in [4.78, 5) is 0. The van der Waals surface area contributed by atoms with Gasteiger partial charge in [0.2, 0.25) is 0 Å². The van der Waals surface area contributed by atoms with Crippen molar-refractivity contribution in [1.82, 2.24) is 0 Å². The molecule has 0 aliphatic heterocycles. The fourth-order valence-electron chi connectivity index (χ4n) is 3.72. The third kappa shape index (κ3) is 7.10. The lowest BCUT2D eigenvalue weighted by molar-refractivity contribution is 0.607. The van der Waals surface area contributed by atoms with Crippen LogP contribution < -0.4 is 0 Å². The maximum Gasteiger partial charge on any atom is 0.0322 e. The van der Waals surface area contributed by atoms with E-state index in [1.54, 1.807) is 0 Å². The minimum Gasteiger partial charge on any atom is -0.0845 e. The van der Waals surface area contributed by atoms with Crippen LogP contribution in [0.5, 0.6) is 0 Å². The van der Waals surface area contributed by atoms with Gasteiger partial charge in [-0.15, -0.1) is 0 Å². The molecule has 4 atom stereocenters. The number of hydrogen-bond acceptors (Lipinski definition) is 0. The zero-order chi connectivity index (χ0) is 25.3. The molecule has 32 heavy (non-hydrogen) atoms. The molecule has 4 rings (SSSR count). The van der Waals surface area contributed by atoms with Crippen molar-refractivity contribution in [3.63, 3.8) is 0 Å². The van der Waals surface area contributed by atoms with E-state index in [2.05, 4.69) is 0 Å². The predicted molar refractivity (Wildman–Crippen MR) is 137 cm³/mol. The van der Waals surface area contributed by atoms with Crippen LogP contribution in [0, 0.1) is 11.8 Å². The number of rotatable bonds is 10. The number of benzene rings is 4. The van der Waals surface area contributed by atoms with Crippen molar-refractivity contribution in [2.75, 3.05) is 0 Å². The molecule has 4 aromatic rings. The molecule has 160 valence electrons. The van der Waals surface area contributed by atoms with Crippen LogP contribution in [0.2, 0.25) is 0 Å². The van der Waals surface area contributed by atoms with Gasteiger partial charge < -0.3 is 0 Å². The Bertz CT molecular complexity index is 1010. The summed E-state index contributed by atoms with van der Waals surface area (Å²) in [5.74, 6) is -0.883. The molecule has 0 fully saturated rings. The monoisotopic (exact) mass is 420 g/mol. The quantitative estimate of drug-likeness (QED) is 0.230. The molecular formula is C32H32. The summed E-state index contributed by atoms with van der Waals surface area (Å²) < 4.78 is 36.3. The average Bonchev–Trinajstić information content (AvgIpc) is 2.96. The van der Waals surface area contributed by atoms with E-state index in [4.69, 9.17) is 5.48 Å². The highest BCUT2D eigenvalue weighted by Gasteiger charge is 2.12. The average molecular weight is 421 g/mol. The van der Waals surface area contributed by atoms with Gasteiger partial charge in [0, 0.05) is 5.48 Å². The van der Waals surface area contributed by atoms with E-state index >= 15 is 0 Å². The maximum absolute atomic E-state index is 9.07. The minimum atomic E-state index is -0.646. The predicted octanol–water partition coefficient (Wildman–Crippen LogP) is 7.75. The Labute approximate surface area is 198 Å². The van der Waals surface area contributed by atoms with Crippen LogP contribution in [0.1, 0.15) is 27.7 Å². The van der Waals surface area contributed by atoms with E-state index in [1.165, 1.54) is 0 Å². The highest BCUT2D eigenvalue weighted by molar-refractivity contribution is 5.23. The highest BCUT2D eigenvalue weighted by atomic mass is 14.2. The summed E-state index contributed by atoms with van der Waals surface area (Å²) in [6, 6.07) is 38.6. The smallest absolute Gasteiger partial charge is 0.0322 e. The molecule has 0 saturated carbocycles. The summed E-state index contributed by atoms with van der Waals surface area (Å²) in [6.45, 7) is 0. The van der Waals surface area contributed by atoms with Gasteiger partial charge in [0.15, 0.2) is 0 Å². The SMILES string of the molecule is [2H][C@@H](c1ccccc1)C(/C=C\C([C@@H]([2H])c1ccccc1)[C@@H]([2H])c1ccccc1)[C@@H]([2H])c1ccccc1. The van der Waals surface area contributed by atoms with Crippen LogP contribution in [0.25, 0.3) is 0 Å². The Hall–Kier alpha value is -3.38. The molecular weight excluding hydrogens is 384 g/mol. The zero-order valence-corrected chi connectivity index (χ0v) is 18.2. The Morgan fingerprint density at radius 2 is 0.625 bits per heavy atom. The van der Waals surface area contributed by atoms with Gasteiger partial charge >= 0.3 is 0 Å². The van der Waals surface area contributed by atoms with Gasteiger partial charge in [-0.2, -0.15) is 0 Å². The number of allylic oxidation sites excluding steroid dienone is 2. The van der Waals surface area contributed by atoms with Gasteiger partial charge in [-0.05, 0) is 59.7 Å². The van der Waals surface area contributed by atoms with Crippen molar-refractivity contribution in [1.29, 1.82) is 0 Å². The molecule has 0 heteroatoms. The first-order valence-electron chi connectivity index (χ1n) is 13.4. The molecule has 0 amide bonds. The second kappa shape index (κ2) is 11.9. The van der Waals surface area contributed by atoms with Gasteiger partial charge in [0.05, 0.1) is 0 Å². The maximum atomic E-state index is 9.07. The van der Waals surface area contributed by atoms with Crippen molar-refractivity contribution < 1.29 is 5.48 Å². The first kappa shape index (κ1) is 17.2. The van der Waals surface area contributed by atoms with E-state index in [0.29, 0.717) is 0 Å². The van der Waals surface area contributed by atoms with Crippen LogP contribution in [0.4, 0.5) is 0 Å². The van der Waals surface area contributed by atoms with Gasteiger partial charge in [0.1, 0.15) is 0 Å². The van der Waals surface area contributed by atoms with Crippen LogP contribution in [0.15, 0.2) is 133 Å². The third-order valence-corrected chi connectivity index (χ3v) is 5.29. The zero-order valence-electron chi connectivity index (χ0n) is 22.2. The second-order valence-electron chi connectivity index (χ2n) is 7.85. The first-order chi connectivity index (χ1) is 17.6. The van der Waals surface area contributed by atoms with E-state index in [9.17, 15) is 0 Å². The van der Waals surface area contributed by atoms with Gasteiger partial charge in [-0.1, -0.05) is 133 Å². The lowest BCUT2D eigenvalue weighted by Crippen LogP contribution is -2.09. The van der Waals surface area contributed by atoms with Gasteiger partial charge in [-0.25, -0.2) is 0 Å². The van der Waals surface area contributed by atoms with E-state index in [-0.39, 0.29) is 0 Å². The molecule has 0 aromatic heterocycles. The van der Waals surface area contributed by atoms with Crippen molar-refractivity contribution in [2.24, 2.45) is 11.8 Å². The van der Waals surface area contributed by atoms with Gasteiger partial charge in [0.25, 0.3) is 0 Å². The summed E-state index contributed by atoms with van der Waals surface area (Å²) in [7, 11) is 0. The molecule has 0 saturated heterocycles. The molecule has 0 aliphatic rings. The van der Waals surface area contributed by atoms with Crippen LogP contribution >= 0.6 is 0 Å². The minimum absolute atomic E-state index is 0.441. The summed E-state index contributed by atoms with van der Waals surface area (Å²) in [5.41, 5.74) is 3.42. The lowest BCUT2D eigenvalue weighted by atomic mass is 9.88. The molecule has 0 radical (unpaired) electrons. The van der Waals surface area contributed by atoms with Crippen LogP contribution in [0.3, 0.4) is 0 Å². The Kier molecular flexibility index (Phi) is 6.38. The molecule has 0 unspecified atom stereocenters. The molecule has 0 aliphatic carbocycles. The first-order valence-corrected chi connectivity index (χ1v) is 11.1. The van der Waals surface area contributed by atoms with Crippen LogP contribution in [-0.4, -0.2) is 0 Å². The number of hydrogen-bond donors (Lipinski definition) is 0. The van der Waals surface area contributed by atoms with Crippen molar-refractivity contribution in [2.45, 2.75) is 25.6 Å². The normalized spacial score (nSPS) is 17.2. The summed E-state index contributed by atoms with van der Waals surface area (Å²) in [5, 5.41) is 0. The molecule has 0 N–H and O–H groups in total. The largest absolute Gasteiger partial charge is 0.0845 e. The fourth-order valence-corrected chi connectivity index (χ4v) is 3.72.